The Hall–Kier alpha value is -3.50. The smallest absolute Gasteiger partial charge is 0.249 e. The zero-order valence-electron chi connectivity index (χ0n) is 22.7. The molecule has 212 valence electrons. The molecule has 1 aromatic heterocycles. The number of benzene rings is 3. The molecule has 2 atom stereocenters. The van der Waals surface area contributed by atoms with Gasteiger partial charge >= 0.3 is 0 Å². The van der Waals surface area contributed by atoms with Gasteiger partial charge in [-0.15, -0.1) is 11.8 Å². The monoisotopic (exact) mass is 586 g/mol. The van der Waals surface area contributed by atoms with Crippen molar-refractivity contribution >= 4 is 27.7 Å². The molecule has 3 aromatic carbocycles. The van der Waals surface area contributed by atoms with Gasteiger partial charge in [0.2, 0.25) is 15.9 Å². The second-order valence-electron chi connectivity index (χ2n) is 9.81. The lowest BCUT2D eigenvalue weighted by Gasteiger charge is -2.26. The molecule has 1 aliphatic rings. The van der Waals surface area contributed by atoms with Gasteiger partial charge in [0.1, 0.15) is 5.37 Å². The van der Waals surface area contributed by atoms with Crippen LogP contribution in [0.2, 0.25) is 0 Å². The van der Waals surface area contributed by atoms with Gasteiger partial charge in [-0.25, -0.2) is 8.42 Å². The second kappa shape index (κ2) is 13.9. The van der Waals surface area contributed by atoms with Crippen molar-refractivity contribution in [2.45, 2.75) is 29.2 Å². The summed E-state index contributed by atoms with van der Waals surface area (Å²) in [5.41, 5.74) is 3.97. The van der Waals surface area contributed by atoms with Crippen LogP contribution in [-0.2, 0) is 21.2 Å². The molecular weight excluding hydrogens is 553 g/mol. The van der Waals surface area contributed by atoms with E-state index in [9.17, 15) is 13.2 Å². The minimum absolute atomic E-state index is 0.189. The molecular formula is C32H34N4O3S2. The summed E-state index contributed by atoms with van der Waals surface area (Å²) >= 11 is 1.36. The zero-order chi connectivity index (χ0) is 28.5. The zero-order valence-corrected chi connectivity index (χ0v) is 24.4. The van der Waals surface area contributed by atoms with Crippen LogP contribution in [0.25, 0.3) is 11.1 Å². The molecule has 2 unspecified atom stereocenters. The van der Waals surface area contributed by atoms with E-state index in [1.54, 1.807) is 18.3 Å². The van der Waals surface area contributed by atoms with E-state index in [-0.39, 0.29) is 23.4 Å². The molecule has 1 aliphatic heterocycles. The number of pyridine rings is 1. The van der Waals surface area contributed by atoms with Crippen molar-refractivity contribution in [1.29, 1.82) is 0 Å². The lowest BCUT2D eigenvalue weighted by Crippen LogP contribution is -2.46. The summed E-state index contributed by atoms with van der Waals surface area (Å²) in [6.07, 6.45) is 3.28. The molecule has 0 saturated carbocycles. The number of hydrogen-bond acceptors (Lipinski definition) is 6. The van der Waals surface area contributed by atoms with Crippen LogP contribution in [-0.4, -0.2) is 54.4 Å². The van der Waals surface area contributed by atoms with Crippen LogP contribution in [0.15, 0.2) is 114 Å². The number of thioether (sulfide) groups is 1. The predicted octanol–water partition coefficient (Wildman–Crippen LogP) is 4.89. The molecule has 1 amide bonds. The Morgan fingerprint density at radius 2 is 1.56 bits per heavy atom. The fourth-order valence-electron chi connectivity index (χ4n) is 4.88. The molecule has 0 spiro atoms. The van der Waals surface area contributed by atoms with E-state index in [0.717, 1.165) is 35.3 Å². The lowest BCUT2D eigenvalue weighted by molar-refractivity contribution is -0.122. The van der Waals surface area contributed by atoms with E-state index in [4.69, 9.17) is 0 Å². The number of sulfonamides is 1. The number of nitrogens with zero attached hydrogens (tertiary/aromatic N) is 2. The first-order chi connectivity index (χ1) is 20.0. The molecule has 2 N–H and O–H groups in total. The molecule has 5 rings (SSSR count). The summed E-state index contributed by atoms with van der Waals surface area (Å²) in [6.45, 7) is 1.76. The van der Waals surface area contributed by atoms with E-state index in [1.165, 1.54) is 16.1 Å². The van der Waals surface area contributed by atoms with Gasteiger partial charge in [-0.05, 0) is 53.9 Å². The first-order valence-corrected chi connectivity index (χ1v) is 16.3. The summed E-state index contributed by atoms with van der Waals surface area (Å²) in [4.78, 5) is 18.1. The Morgan fingerprint density at radius 1 is 0.878 bits per heavy atom. The molecule has 0 aliphatic carbocycles. The molecule has 7 nitrogen and oxygen atoms in total. The number of hydrogen-bond donors (Lipinski definition) is 2. The van der Waals surface area contributed by atoms with Crippen LogP contribution in [0.4, 0.5) is 0 Å². The van der Waals surface area contributed by atoms with Crippen molar-refractivity contribution in [3.63, 3.8) is 0 Å². The third-order valence-electron chi connectivity index (χ3n) is 7.05. The number of carbonyl (C=O) groups excluding carboxylic acids is 1. The van der Waals surface area contributed by atoms with E-state index in [2.05, 4.69) is 15.6 Å². The standard InChI is InChI=1S/C32H34N4O3S2/c37-31(35-30(27-11-5-2-6-12-27)19-22-33-21-18-28-13-7-8-20-34-28)32-36(23-24-40-32)41(38,39)29-16-14-26(15-17-29)25-9-3-1-4-10-25/h1-17,20,30,32-33H,18-19,21-24H2,(H,35,37). The maximum Gasteiger partial charge on any atom is 0.249 e. The molecule has 1 fully saturated rings. The van der Waals surface area contributed by atoms with Gasteiger partial charge in [-0.2, -0.15) is 4.31 Å². The van der Waals surface area contributed by atoms with Crippen LogP contribution >= 0.6 is 11.8 Å². The topological polar surface area (TPSA) is 91.4 Å². The van der Waals surface area contributed by atoms with Gasteiger partial charge in [0.15, 0.2) is 0 Å². The summed E-state index contributed by atoms with van der Waals surface area (Å²) in [5, 5.41) is 5.77. The normalized spacial score (nSPS) is 16.3. The Kier molecular flexibility index (Phi) is 9.84. The highest BCUT2D eigenvalue weighted by molar-refractivity contribution is 8.02. The molecule has 4 aromatic rings. The first kappa shape index (κ1) is 29.0. The SMILES string of the molecule is O=C(NC(CCNCCc1ccccn1)c1ccccc1)C1SCCN1S(=O)(=O)c1ccc(-c2ccccc2)cc1. The summed E-state index contributed by atoms with van der Waals surface area (Å²) in [6, 6.07) is 32.1. The minimum Gasteiger partial charge on any atom is -0.347 e. The average molecular weight is 587 g/mol. The van der Waals surface area contributed by atoms with Crippen LogP contribution < -0.4 is 10.6 Å². The average Bonchev–Trinajstić information content (AvgIpc) is 3.53. The third-order valence-corrected chi connectivity index (χ3v) is 10.3. The van der Waals surface area contributed by atoms with Gasteiger partial charge in [0.25, 0.3) is 0 Å². The van der Waals surface area contributed by atoms with Crippen molar-refractivity contribution in [2.24, 2.45) is 0 Å². The van der Waals surface area contributed by atoms with Gasteiger partial charge < -0.3 is 10.6 Å². The number of rotatable bonds is 12. The van der Waals surface area contributed by atoms with E-state index in [1.807, 2.05) is 91.0 Å². The highest BCUT2D eigenvalue weighted by atomic mass is 32.2. The Bertz CT molecular complexity index is 1500. The van der Waals surface area contributed by atoms with E-state index in [0.29, 0.717) is 18.7 Å². The van der Waals surface area contributed by atoms with Gasteiger partial charge in [0.05, 0.1) is 10.9 Å². The van der Waals surface area contributed by atoms with Crippen molar-refractivity contribution < 1.29 is 13.2 Å². The molecule has 2 heterocycles. The van der Waals surface area contributed by atoms with E-state index >= 15 is 0 Å². The van der Waals surface area contributed by atoms with Gasteiger partial charge in [0, 0.05) is 37.2 Å². The minimum atomic E-state index is -3.85. The van der Waals surface area contributed by atoms with Crippen LogP contribution in [0.3, 0.4) is 0 Å². The molecule has 0 bridgehead atoms. The number of aromatic nitrogens is 1. The Morgan fingerprint density at radius 3 is 2.27 bits per heavy atom. The lowest BCUT2D eigenvalue weighted by atomic mass is 10.0. The van der Waals surface area contributed by atoms with Crippen LogP contribution in [0, 0.1) is 0 Å². The quantitative estimate of drug-likeness (QED) is 0.230. The predicted molar refractivity (Wildman–Crippen MR) is 165 cm³/mol. The van der Waals surface area contributed by atoms with Crippen molar-refractivity contribution in [1.82, 2.24) is 19.9 Å². The maximum absolute atomic E-state index is 13.6. The summed E-state index contributed by atoms with van der Waals surface area (Å²) < 4.78 is 28.6. The number of carbonyl (C=O) groups is 1. The third kappa shape index (κ3) is 7.42. The van der Waals surface area contributed by atoms with Gasteiger partial charge in [-0.1, -0.05) is 78.9 Å². The summed E-state index contributed by atoms with van der Waals surface area (Å²) in [5.74, 6) is 0.268. The Labute approximate surface area is 246 Å². The number of nitrogens with one attached hydrogen (secondary N) is 2. The van der Waals surface area contributed by atoms with Gasteiger partial charge in [-0.3, -0.25) is 9.78 Å². The number of amides is 1. The van der Waals surface area contributed by atoms with Crippen LogP contribution in [0.1, 0.15) is 23.7 Å². The van der Waals surface area contributed by atoms with Crippen molar-refractivity contribution in [2.75, 3.05) is 25.4 Å². The first-order valence-electron chi connectivity index (χ1n) is 13.8. The van der Waals surface area contributed by atoms with E-state index < -0.39 is 15.4 Å². The van der Waals surface area contributed by atoms with Crippen LogP contribution in [0.5, 0.6) is 0 Å². The molecule has 41 heavy (non-hydrogen) atoms. The Balaban J connectivity index is 1.24. The van der Waals surface area contributed by atoms with Crippen molar-refractivity contribution in [3.8, 4) is 11.1 Å². The highest BCUT2D eigenvalue weighted by Crippen LogP contribution is 2.32. The van der Waals surface area contributed by atoms with Crippen molar-refractivity contribution in [3.05, 3.63) is 121 Å². The maximum atomic E-state index is 13.6. The summed E-state index contributed by atoms with van der Waals surface area (Å²) in [7, 11) is -3.85. The molecule has 9 heteroatoms. The fraction of sp³-hybridized carbons (Fsp3) is 0.250. The highest BCUT2D eigenvalue weighted by Gasteiger charge is 2.40. The largest absolute Gasteiger partial charge is 0.347 e. The molecule has 0 radical (unpaired) electrons. The fourth-order valence-corrected chi connectivity index (χ4v) is 7.96. The second-order valence-corrected chi connectivity index (χ2v) is 12.9. The molecule has 1 saturated heterocycles.